The zero-order valence-electron chi connectivity index (χ0n) is 19.6. The van der Waals surface area contributed by atoms with Crippen molar-refractivity contribution in [1.29, 1.82) is 0 Å². The first-order chi connectivity index (χ1) is 16.1. The summed E-state index contributed by atoms with van der Waals surface area (Å²) in [6, 6.07) is 6.43. The van der Waals surface area contributed by atoms with Crippen molar-refractivity contribution in [3.63, 3.8) is 0 Å². The smallest absolute Gasteiger partial charge is 0.190 e. The Morgan fingerprint density at radius 3 is 2.79 bits per heavy atom. The summed E-state index contributed by atoms with van der Waals surface area (Å²) in [4.78, 5) is 29.0. The molecule has 0 amide bonds. The number of nitrogen functional groups attached to an aromatic ring is 1. The Kier molecular flexibility index (Phi) is 8.06. The number of carbonyl (C=O) groups excluding carboxylic acids is 1. The number of aromatic amines is 1. The zero-order chi connectivity index (χ0) is 23.2. The molecule has 0 saturated carbocycles. The summed E-state index contributed by atoms with van der Waals surface area (Å²) in [6.45, 7) is 8.14. The summed E-state index contributed by atoms with van der Waals surface area (Å²) in [5, 5.41) is 1.22. The molecule has 3 aromatic rings. The van der Waals surface area contributed by atoms with Crippen molar-refractivity contribution >= 4 is 50.3 Å². The number of nitrogens with one attached hydrogen (secondary N) is 1. The number of ether oxygens (including phenoxy) is 1. The van der Waals surface area contributed by atoms with E-state index in [1.54, 1.807) is 0 Å². The zero-order valence-corrected chi connectivity index (χ0v) is 20.4. The van der Waals surface area contributed by atoms with Crippen molar-refractivity contribution in [3.05, 3.63) is 24.0 Å². The van der Waals surface area contributed by atoms with Crippen LogP contribution in [0.15, 0.2) is 18.2 Å². The van der Waals surface area contributed by atoms with Crippen molar-refractivity contribution < 1.29 is 9.53 Å². The Labute approximate surface area is 199 Å². The predicted octanol–water partition coefficient (Wildman–Crippen LogP) is 3.45. The molecule has 0 atom stereocenters. The second-order valence-electron chi connectivity index (χ2n) is 8.48. The number of aryl methyl sites for hydroxylation is 1. The molecule has 1 aromatic carbocycles. The minimum absolute atomic E-state index is 0.181. The van der Waals surface area contributed by atoms with Crippen LogP contribution in [0.25, 0.3) is 21.9 Å². The molecule has 0 unspecified atom stereocenters. The molecule has 178 valence electrons. The van der Waals surface area contributed by atoms with Crippen LogP contribution in [0.3, 0.4) is 0 Å². The number of H-pyrrole nitrogens is 1. The van der Waals surface area contributed by atoms with Crippen molar-refractivity contribution in [2.24, 2.45) is 0 Å². The molecule has 3 N–H and O–H groups in total. The van der Waals surface area contributed by atoms with E-state index in [0.29, 0.717) is 25.5 Å². The average molecular weight is 471 g/mol. The van der Waals surface area contributed by atoms with E-state index in [2.05, 4.69) is 44.9 Å². The van der Waals surface area contributed by atoms with Crippen LogP contribution in [0.2, 0.25) is 0 Å². The molecule has 1 fully saturated rings. The quantitative estimate of drug-likeness (QED) is 0.435. The maximum atomic E-state index is 11.3. The van der Waals surface area contributed by atoms with Gasteiger partial charge < -0.3 is 20.4 Å². The van der Waals surface area contributed by atoms with Gasteiger partial charge in [-0.25, -0.2) is 9.97 Å². The number of anilines is 2. The summed E-state index contributed by atoms with van der Waals surface area (Å²) in [7, 11) is 0. The van der Waals surface area contributed by atoms with E-state index in [-0.39, 0.29) is 5.12 Å². The van der Waals surface area contributed by atoms with Gasteiger partial charge in [0, 0.05) is 56.6 Å². The van der Waals surface area contributed by atoms with Crippen molar-refractivity contribution in [3.8, 4) is 0 Å². The molecular weight excluding hydrogens is 436 g/mol. The normalized spacial score (nSPS) is 15.0. The fourth-order valence-electron chi connectivity index (χ4n) is 4.24. The number of hydrogen-bond donors (Lipinski definition) is 2. The SMILES string of the molecule is CCCCc1nc2c([nH]1)c(N)nc1cc(N3CCN(CCOCCC(=O)SC)CC3)ccc12. The molecule has 0 aliphatic carbocycles. The van der Waals surface area contributed by atoms with E-state index in [1.165, 1.54) is 17.4 Å². The summed E-state index contributed by atoms with van der Waals surface area (Å²) in [6.07, 6.45) is 5.46. The maximum absolute atomic E-state index is 11.3. The third-order valence-corrected chi connectivity index (χ3v) is 6.88. The van der Waals surface area contributed by atoms with Gasteiger partial charge >= 0.3 is 0 Å². The molecule has 8 nitrogen and oxygen atoms in total. The Bertz CT molecular complexity index is 1090. The molecule has 3 heterocycles. The Balaban J connectivity index is 1.36. The molecule has 1 aliphatic heterocycles. The van der Waals surface area contributed by atoms with Gasteiger partial charge in [-0.3, -0.25) is 9.69 Å². The number of hydrogen-bond acceptors (Lipinski definition) is 8. The first-order valence-corrected chi connectivity index (χ1v) is 13.0. The number of nitrogens with two attached hydrogens (primary N) is 1. The van der Waals surface area contributed by atoms with E-state index in [0.717, 1.165) is 79.7 Å². The second kappa shape index (κ2) is 11.2. The minimum Gasteiger partial charge on any atom is -0.382 e. The summed E-state index contributed by atoms with van der Waals surface area (Å²) >= 11 is 1.26. The molecule has 0 spiro atoms. The highest BCUT2D eigenvalue weighted by Crippen LogP contribution is 2.30. The number of aromatic nitrogens is 3. The van der Waals surface area contributed by atoms with E-state index in [9.17, 15) is 4.79 Å². The van der Waals surface area contributed by atoms with Gasteiger partial charge in [-0.2, -0.15) is 0 Å². The van der Waals surface area contributed by atoms with E-state index >= 15 is 0 Å². The lowest BCUT2D eigenvalue weighted by Gasteiger charge is -2.36. The molecule has 0 radical (unpaired) electrons. The van der Waals surface area contributed by atoms with Crippen LogP contribution in [-0.2, 0) is 16.0 Å². The molecular formula is C24H34N6O2S. The molecule has 1 aliphatic rings. The number of piperazine rings is 1. The van der Waals surface area contributed by atoms with Gasteiger partial charge in [-0.1, -0.05) is 25.1 Å². The van der Waals surface area contributed by atoms with Gasteiger partial charge in [0.2, 0.25) is 0 Å². The van der Waals surface area contributed by atoms with Gasteiger partial charge in [0.1, 0.15) is 22.7 Å². The topological polar surface area (TPSA) is 100 Å². The van der Waals surface area contributed by atoms with Crippen LogP contribution in [-0.4, -0.2) is 77.2 Å². The predicted molar refractivity (Wildman–Crippen MR) is 137 cm³/mol. The second-order valence-corrected chi connectivity index (χ2v) is 9.34. The number of unbranched alkanes of at least 4 members (excludes halogenated alkanes) is 1. The lowest BCUT2D eigenvalue weighted by atomic mass is 10.1. The highest BCUT2D eigenvalue weighted by molar-refractivity contribution is 8.13. The largest absolute Gasteiger partial charge is 0.382 e. The minimum atomic E-state index is 0.181. The Hall–Kier alpha value is -2.36. The molecule has 33 heavy (non-hydrogen) atoms. The monoisotopic (exact) mass is 470 g/mol. The van der Waals surface area contributed by atoms with Crippen molar-refractivity contribution in [2.75, 3.05) is 62.8 Å². The number of pyridine rings is 1. The van der Waals surface area contributed by atoms with Gasteiger partial charge in [-0.15, -0.1) is 0 Å². The molecule has 0 bridgehead atoms. The molecule has 4 rings (SSSR count). The Morgan fingerprint density at radius 2 is 2.03 bits per heavy atom. The van der Waals surface area contributed by atoms with E-state index in [1.807, 2.05) is 6.26 Å². The number of rotatable bonds is 10. The van der Waals surface area contributed by atoms with Gasteiger partial charge in [-0.05, 0) is 30.9 Å². The van der Waals surface area contributed by atoms with Gasteiger partial charge in [0.15, 0.2) is 5.12 Å². The number of nitrogens with zero attached hydrogens (tertiary/aromatic N) is 4. The maximum Gasteiger partial charge on any atom is 0.190 e. The van der Waals surface area contributed by atoms with Gasteiger partial charge in [0.05, 0.1) is 18.7 Å². The summed E-state index contributed by atoms with van der Waals surface area (Å²) < 4.78 is 5.62. The van der Waals surface area contributed by atoms with Crippen molar-refractivity contribution in [2.45, 2.75) is 32.6 Å². The van der Waals surface area contributed by atoms with Crippen LogP contribution in [0.4, 0.5) is 11.5 Å². The fraction of sp³-hybridized carbons (Fsp3) is 0.542. The molecule has 2 aromatic heterocycles. The van der Waals surface area contributed by atoms with Crippen LogP contribution >= 0.6 is 11.8 Å². The number of thioether (sulfide) groups is 1. The summed E-state index contributed by atoms with van der Waals surface area (Å²) in [5.74, 6) is 1.49. The molecule has 1 saturated heterocycles. The summed E-state index contributed by atoms with van der Waals surface area (Å²) in [5.41, 5.74) is 10.1. The molecule has 9 heteroatoms. The highest BCUT2D eigenvalue weighted by Gasteiger charge is 2.19. The third-order valence-electron chi connectivity index (χ3n) is 6.22. The number of benzene rings is 1. The van der Waals surface area contributed by atoms with Crippen LogP contribution in [0, 0.1) is 0 Å². The number of carbonyl (C=O) groups is 1. The average Bonchev–Trinajstić information content (AvgIpc) is 3.27. The van der Waals surface area contributed by atoms with Crippen LogP contribution < -0.4 is 10.6 Å². The lowest BCUT2D eigenvalue weighted by Crippen LogP contribution is -2.47. The van der Waals surface area contributed by atoms with E-state index in [4.69, 9.17) is 15.5 Å². The highest BCUT2D eigenvalue weighted by atomic mass is 32.2. The van der Waals surface area contributed by atoms with Crippen molar-refractivity contribution in [1.82, 2.24) is 19.9 Å². The standard InChI is InChI=1S/C24H34N6O2S/c1-3-4-5-20-27-22-18-7-6-17(16-19(18)26-24(25)23(22)28-20)30-11-9-29(10-12-30)13-15-32-14-8-21(31)33-2/h6-7,16H,3-5,8-15H2,1-2H3,(H2,25,26)(H,27,28). The number of imidazole rings is 1. The van der Waals surface area contributed by atoms with Crippen LogP contribution in [0.5, 0.6) is 0 Å². The number of fused-ring (bicyclic) bond motifs is 3. The first kappa shape index (κ1) is 23.8. The van der Waals surface area contributed by atoms with Crippen LogP contribution in [0.1, 0.15) is 32.0 Å². The third kappa shape index (κ3) is 5.77. The van der Waals surface area contributed by atoms with E-state index < -0.39 is 0 Å². The lowest BCUT2D eigenvalue weighted by molar-refractivity contribution is -0.111. The fourth-order valence-corrected chi connectivity index (χ4v) is 4.53. The van der Waals surface area contributed by atoms with Gasteiger partial charge in [0.25, 0.3) is 0 Å². The first-order valence-electron chi connectivity index (χ1n) is 11.8. The Morgan fingerprint density at radius 1 is 1.21 bits per heavy atom.